The minimum Gasteiger partial charge on any atom is -0.504 e. The Bertz CT molecular complexity index is 1600. The minimum absolute atomic E-state index is 0.00103. The number of fused-ring (bicyclic) bond motifs is 8. The van der Waals surface area contributed by atoms with E-state index in [1.54, 1.807) is 12.7 Å². The van der Waals surface area contributed by atoms with Crippen LogP contribution in [-0.2, 0) is 5.41 Å². The maximum Gasteiger partial charge on any atom is 0.160 e. The SMILES string of the molecule is COc1cccc2c([C@@H]3C=C4[C@@](C)(CC[C@@]5(C)[C@@H]6C[C@@H](C)CC[C@]6(C)CC[C@]45C)c4cc(O)c(O)c(C)c43)c[nH]c12. The van der Waals surface area contributed by atoms with Crippen molar-refractivity contribution in [2.24, 2.45) is 28.1 Å². The molecule has 1 aromatic heterocycles. The van der Waals surface area contributed by atoms with Crippen molar-refractivity contribution in [3.05, 3.63) is 64.4 Å². The van der Waals surface area contributed by atoms with E-state index in [0.29, 0.717) is 5.41 Å². The van der Waals surface area contributed by atoms with Crippen molar-refractivity contribution < 1.29 is 14.9 Å². The maximum absolute atomic E-state index is 11.0. The van der Waals surface area contributed by atoms with Gasteiger partial charge < -0.3 is 19.9 Å². The molecule has 3 fully saturated rings. The van der Waals surface area contributed by atoms with E-state index in [4.69, 9.17) is 4.74 Å². The van der Waals surface area contributed by atoms with Gasteiger partial charge in [0.05, 0.1) is 12.6 Å². The second-order valence-electron chi connectivity index (χ2n) is 15.2. The Kier molecular flexibility index (Phi) is 5.65. The van der Waals surface area contributed by atoms with Gasteiger partial charge in [0, 0.05) is 22.9 Å². The minimum atomic E-state index is -0.187. The molecule has 0 radical (unpaired) electrons. The summed E-state index contributed by atoms with van der Waals surface area (Å²) in [5.74, 6) is 2.32. The van der Waals surface area contributed by atoms with Gasteiger partial charge in [-0.3, -0.25) is 0 Å². The monoisotopic (exact) mass is 553 g/mol. The molecular formula is C37H47NO3. The van der Waals surface area contributed by atoms with E-state index in [2.05, 4.69) is 64.0 Å². The van der Waals surface area contributed by atoms with Crippen LogP contribution in [0.2, 0.25) is 0 Å². The Labute approximate surface area is 245 Å². The van der Waals surface area contributed by atoms with Gasteiger partial charge in [-0.25, -0.2) is 0 Å². The Morgan fingerprint density at radius 1 is 1.00 bits per heavy atom. The lowest BCUT2D eigenvalue weighted by molar-refractivity contribution is -0.145. The zero-order valence-corrected chi connectivity index (χ0v) is 25.9. The van der Waals surface area contributed by atoms with Crippen LogP contribution in [0.1, 0.15) is 108 Å². The van der Waals surface area contributed by atoms with Crippen molar-refractivity contribution in [3.8, 4) is 17.2 Å². The largest absolute Gasteiger partial charge is 0.504 e. The third-order valence-electron chi connectivity index (χ3n) is 13.3. The lowest BCUT2D eigenvalue weighted by Gasteiger charge is -2.69. The molecule has 0 saturated heterocycles. The molecule has 2 aromatic carbocycles. The summed E-state index contributed by atoms with van der Waals surface area (Å²) in [4.78, 5) is 3.52. The maximum atomic E-state index is 11.0. The smallest absolute Gasteiger partial charge is 0.160 e. The lowest BCUT2D eigenvalue weighted by Crippen LogP contribution is -2.61. The predicted molar refractivity (Wildman–Crippen MR) is 166 cm³/mol. The molecule has 4 nitrogen and oxygen atoms in total. The zero-order chi connectivity index (χ0) is 29.1. The quantitative estimate of drug-likeness (QED) is 0.219. The number of hydrogen-bond donors (Lipinski definition) is 3. The van der Waals surface area contributed by atoms with Crippen LogP contribution < -0.4 is 4.74 Å². The Morgan fingerprint density at radius 3 is 2.54 bits per heavy atom. The Morgan fingerprint density at radius 2 is 1.78 bits per heavy atom. The molecular weight excluding hydrogens is 506 g/mol. The summed E-state index contributed by atoms with van der Waals surface area (Å²) in [6.07, 6.45) is 13.5. The van der Waals surface area contributed by atoms with Gasteiger partial charge in [0.1, 0.15) is 5.75 Å². The molecule has 41 heavy (non-hydrogen) atoms. The fourth-order valence-corrected chi connectivity index (χ4v) is 10.6. The second-order valence-corrected chi connectivity index (χ2v) is 15.2. The number of rotatable bonds is 2. The molecule has 3 N–H and O–H groups in total. The summed E-state index contributed by atoms with van der Waals surface area (Å²) in [5.41, 5.74) is 7.40. The van der Waals surface area contributed by atoms with Gasteiger partial charge in [0.25, 0.3) is 0 Å². The Hall–Kier alpha value is -2.88. The van der Waals surface area contributed by atoms with Gasteiger partial charge >= 0.3 is 0 Å². The lowest BCUT2D eigenvalue weighted by atomic mass is 9.35. The molecule has 4 aliphatic carbocycles. The molecule has 4 heteroatoms. The van der Waals surface area contributed by atoms with Crippen molar-refractivity contribution in [1.29, 1.82) is 0 Å². The number of nitrogens with one attached hydrogen (secondary N) is 1. The van der Waals surface area contributed by atoms with Crippen molar-refractivity contribution in [3.63, 3.8) is 0 Å². The number of methoxy groups -OCH3 is 1. The fraction of sp³-hybridized carbons (Fsp3) is 0.568. The number of aromatic amines is 1. The van der Waals surface area contributed by atoms with Crippen LogP contribution in [0, 0.1) is 35.0 Å². The van der Waals surface area contributed by atoms with Crippen molar-refractivity contribution in [2.45, 2.75) is 97.8 Å². The number of aromatic hydroxyl groups is 2. The first-order valence-corrected chi connectivity index (χ1v) is 15.8. The molecule has 0 spiro atoms. The van der Waals surface area contributed by atoms with Crippen LogP contribution in [0.4, 0.5) is 0 Å². The van der Waals surface area contributed by atoms with Crippen LogP contribution in [0.15, 0.2) is 42.1 Å². The molecule has 0 amide bonds. The fourth-order valence-electron chi connectivity index (χ4n) is 10.6. The molecule has 7 rings (SSSR count). The van der Waals surface area contributed by atoms with Gasteiger partial charge in [0.2, 0.25) is 0 Å². The van der Waals surface area contributed by atoms with E-state index in [-0.39, 0.29) is 33.7 Å². The van der Waals surface area contributed by atoms with Crippen molar-refractivity contribution in [2.75, 3.05) is 7.11 Å². The van der Waals surface area contributed by atoms with Gasteiger partial charge in [-0.2, -0.15) is 0 Å². The first-order chi connectivity index (χ1) is 19.4. The van der Waals surface area contributed by atoms with Crippen LogP contribution in [0.5, 0.6) is 17.2 Å². The number of phenols is 2. The molecule has 1 heterocycles. The van der Waals surface area contributed by atoms with E-state index in [0.717, 1.165) is 46.0 Å². The first kappa shape index (κ1) is 27.0. The number of hydrogen-bond acceptors (Lipinski definition) is 3. The number of allylic oxidation sites excluding steroid dienone is 2. The molecule has 0 bridgehead atoms. The Balaban J connectivity index is 1.49. The highest BCUT2D eigenvalue weighted by atomic mass is 16.5. The molecule has 0 unspecified atom stereocenters. The second kappa shape index (κ2) is 8.58. The summed E-state index contributed by atoms with van der Waals surface area (Å²) < 4.78 is 5.71. The highest BCUT2D eigenvalue weighted by Gasteiger charge is 2.65. The summed E-state index contributed by atoms with van der Waals surface area (Å²) in [5, 5.41) is 23.2. The van der Waals surface area contributed by atoms with Gasteiger partial charge in [-0.1, -0.05) is 64.8 Å². The number of benzene rings is 2. The topological polar surface area (TPSA) is 65.5 Å². The molecule has 3 saturated carbocycles. The number of phenolic OH excluding ortho intramolecular Hbond substituents is 2. The van der Waals surface area contributed by atoms with Gasteiger partial charge in [0.15, 0.2) is 11.5 Å². The summed E-state index contributed by atoms with van der Waals surface area (Å²) in [6, 6.07) is 8.13. The summed E-state index contributed by atoms with van der Waals surface area (Å²) in [6.45, 7) is 14.7. The van der Waals surface area contributed by atoms with Gasteiger partial charge in [-0.05, 0) is 108 Å². The van der Waals surface area contributed by atoms with E-state index in [9.17, 15) is 10.2 Å². The van der Waals surface area contributed by atoms with E-state index in [1.165, 1.54) is 49.7 Å². The highest BCUT2D eigenvalue weighted by molar-refractivity contribution is 5.90. The van der Waals surface area contributed by atoms with Crippen molar-refractivity contribution >= 4 is 10.9 Å². The standard InChI is InChI=1S/C37H47NO3/c1-21-11-12-34(3)13-15-37(6)30-18-24(25-20-38-32-23(25)9-8-10-28(32)41-7)31-22(2)33(40)27(39)19-26(31)35(30,4)14-16-36(37,5)29(34)17-21/h8-10,18-21,24,29,38-40H,11-17H2,1-7H3/t21-,24-,29+,34+,35-,36-,37+/m0/s1. The van der Waals surface area contributed by atoms with E-state index < -0.39 is 0 Å². The molecule has 7 atom stereocenters. The molecule has 4 aliphatic rings. The van der Waals surface area contributed by atoms with E-state index >= 15 is 0 Å². The first-order valence-electron chi connectivity index (χ1n) is 15.8. The molecule has 3 aromatic rings. The summed E-state index contributed by atoms with van der Waals surface area (Å²) >= 11 is 0. The molecule has 218 valence electrons. The third-order valence-corrected chi connectivity index (χ3v) is 13.3. The number of aromatic nitrogens is 1. The highest BCUT2D eigenvalue weighted by Crippen LogP contribution is 2.74. The van der Waals surface area contributed by atoms with Crippen LogP contribution >= 0.6 is 0 Å². The average molecular weight is 554 g/mol. The predicted octanol–water partition coefficient (Wildman–Crippen LogP) is 9.27. The van der Waals surface area contributed by atoms with Crippen molar-refractivity contribution in [1.82, 2.24) is 4.98 Å². The third kappa shape index (κ3) is 3.34. The van der Waals surface area contributed by atoms with E-state index in [1.807, 2.05) is 19.1 Å². The van der Waals surface area contributed by atoms with Gasteiger partial charge in [-0.15, -0.1) is 0 Å². The number of ether oxygens (including phenoxy) is 1. The average Bonchev–Trinajstić information content (AvgIpc) is 3.38. The summed E-state index contributed by atoms with van der Waals surface area (Å²) in [7, 11) is 1.72. The number of para-hydroxylation sites is 1. The normalized spacial score (nSPS) is 37.9. The zero-order valence-electron chi connectivity index (χ0n) is 25.9. The van der Waals surface area contributed by atoms with Crippen LogP contribution in [-0.4, -0.2) is 22.3 Å². The van der Waals surface area contributed by atoms with Crippen LogP contribution in [0.3, 0.4) is 0 Å². The number of H-pyrrole nitrogens is 1. The van der Waals surface area contributed by atoms with Crippen LogP contribution in [0.25, 0.3) is 10.9 Å². The molecule has 0 aliphatic heterocycles.